The minimum absolute atomic E-state index is 0.555. The van der Waals surface area contributed by atoms with E-state index in [0.717, 1.165) is 23.4 Å². The molecule has 18 heavy (non-hydrogen) atoms. The Morgan fingerprint density at radius 1 is 1.56 bits per heavy atom. The molecule has 0 radical (unpaired) electrons. The molecule has 0 amide bonds. The van der Waals surface area contributed by atoms with Gasteiger partial charge in [-0.2, -0.15) is 4.98 Å². The van der Waals surface area contributed by atoms with Crippen molar-refractivity contribution in [1.82, 2.24) is 9.97 Å². The molecule has 1 saturated carbocycles. The van der Waals surface area contributed by atoms with Gasteiger partial charge < -0.3 is 9.64 Å². The van der Waals surface area contributed by atoms with Crippen LogP contribution in [0.2, 0.25) is 0 Å². The second-order valence-electron chi connectivity index (χ2n) is 4.35. The Morgan fingerprint density at radius 2 is 2.33 bits per heavy atom. The highest BCUT2D eigenvalue weighted by Crippen LogP contribution is 2.30. The van der Waals surface area contributed by atoms with Gasteiger partial charge in [0.25, 0.3) is 0 Å². The smallest absolute Gasteiger partial charge is 0.232 e. The van der Waals surface area contributed by atoms with Gasteiger partial charge in [-0.05, 0) is 41.6 Å². The maximum absolute atomic E-state index is 5.78. The fraction of sp³-hybridized carbons (Fsp3) is 0.667. The Labute approximate surface area is 121 Å². The molecule has 0 atom stereocenters. The zero-order valence-electron chi connectivity index (χ0n) is 10.4. The molecular formula is C12H17BrClN3O. The van der Waals surface area contributed by atoms with E-state index in [4.69, 9.17) is 16.3 Å². The lowest BCUT2D eigenvalue weighted by Gasteiger charge is -2.37. The Bertz CT molecular complexity index is 401. The number of anilines is 1. The predicted molar refractivity (Wildman–Crippen MR) is 76.6 cm³/mol. The van der Waals surface area contributed by atoms with Crippen LogP contribution in [0.25, 0.3) is 0 Å². The lowest BCUT2D eigenvalue weighted by atomic mass is 9.91. The van der Waals surface area contributed by atoms with Crippen molar-refractivity contribution in [1.29, 1.82) is 0 Å². The van der Waals surface area contributed by atoms with Crippen LogP contribution in [0.1, 0.15) is 25.7 Å². The summed E-state index contributed by atoms with van der Waals surface area (Å²) < 4.78 is 6.00. The molecule has 1 aromatic heterocycles. The van der Waals surface area contributed by atoms with Gasteiger partial charge >= 0.3 is 0 Å². The first-order valence-corrected chi connectivity index (χ1v) is 7.48. The topological polar surface area (TPSA) is 38.2 Å². The molecule has 0 unspecified atom stereocenters. The molecule has 0 spiro atoms. The van der Waals surface area contributed by atoms with Crippen LogP contribution in [0.4, 0.5) is 5.95 Å². The number of nitrogens with zero attached hydrogens (tertiary/aromatic N) is 3. The zero-order chi connectivity index (χ0) is 13.0. The van der Waals surface area contributed by atoms with Gasteiger partial charge in [0.1, 0.15) is 0 Å². The van der Waals surface area contributed by atoms with E-state index in [1.807, 2.05) is 0 Å². The third kappa shape index (κ3) is 3.06. The van der Waals surface area contributed by atoms with Crippen LogP contribution in [0.15, 0.2) is 10.7 Å². The van der Waals surface area contributed by atoms with Crippen LogP contribution in [0, 0.1) is 0 Å². The van der Waals surface area contributed by atoms with Crippen molar-refractivity contribution in [2.45, 2.75) is 31.7 Å². The molecule has 1 aliphatic rings. The van der Waals surface area contributed by atoms with Crippen LogP contribution in [-0.2, 0) is 0 Å². The minimum atomic E-state index is 0.555. The molecule has 0 saturated heterocycles. The van der Waals surface area contributed by atoms with E-state index in [9.17, 15) is 0 Å². The largest absolute Gasteiger partial charge is 0.480 e. The molecule has 0 bridgehead atoms. The van der Waals surface area contributed by atoms with Crippen molar-refractivity contribution in [3.05, 3.63) is 10.7 Å². The Kier molecular flexibility index (Phi) is 5.06. The molecule has 1 heterocycles. The third-order valence-corrected chi connectivity index (χ3v) is 4.01. The van der Waals surface area contributed by atoms with Crippen LogP contribution >= 0.6 is 27.5 Å². The van der Waals surface area contributed by atoms with Gasteiger partial charge in [-0.3, -0.25) is 0 Å². The van der Waals surface area contributed by atoms with Gasteiger partial charge in [0.2, 0.25) is 11.8 Å². The summed E-state index contributed by atoms with van der Waals surface area (Å²) in [7, 11) is 1.61. The average molecular weight is 335 g/mol. The molecule has 0 aromatic carbocycles. The predicted octanol–water partition coefficient (Wildman–Crippen LogP) is 3.24. The number of alkyl halides is 1. The van der Waals surface area contributed by atoms with Crippen molar-refractivity contribution in [2.24, 2.45) is 0 Å². The van der Waals surface area contributed by atoms with E-state index in [0.29, 0.717) is 17.8 Å². The normalized spacial score (nSPS) is 15.3. The van der Waals surface area contributed by atoms with Gasteiger partial charge in [0.05, 0.1) is 17.8 Å². The molecule has 1 aliphatic carbocycles. The van der Waals surface area contributed by atoms with Crippen molar-refractivity contribution in [2.75, 3.05) is 24.4 Å². The minimum Gasteiger partial charge on any atom is -0.480 e. The number of hydrogen-bond donors (Lipinski definition) is 0. The first kappa shape index (κ1) is 13.9. The highest BCUT2D eigenvalue weighted by molar-refractivity contribution is 9.10. The number of aromatic nitrogens is 2. The lowest BCUT2D eigenvalue weighted by molar-refractivity contribution is 0.372. The Hall–Kier alpha value is -0.550. The summed E-state index contributed by atoms with van der Waals surface area (Å²) in [5, 5.41) is 0. The maximum Gasteiger partial charge on any atom is 0.232 e. The van der Waals surface area contributed by atoms with Gasteiger partial charge in [-0.1, -0.05) is 0 Å². The SMILES string of the molecule is COc1nc(N(CCCCl)C2CCC2)ncc1Br. The molecule has 100 valence electrons. The fourth-order valence-electron chi connectivity index (χ4n) is 2.00. The summed E-state index contributed by atoms with van der Waals surface area (Å²) in [6.07, 6.45) is 6.40. The molecule has 2 rings (SSSR count). The number of ether oxygens (including phenoxy) is 1. The van der Waals surface area contributed by atoms with E-state index in [2.05, 4.69) is 30.8 Å². The molecule has 0 aliphatic heterocycles. The van der Waals surface area contributed by atoms with Gasteiger partial charge in [0.15, 0.2) is 0 Å². The van der Waals surface area contributed by atoms with E-state index < -0.39 is 0 Å². The maximum atomic E-state index is 5.78. The molecule has 1 aromatic rings. The van der Waals surface area contributed by atoms with Crippen LogP contribution in [-0.4, -0.2) is 35.5 Å². The molecule has 1 fully saturated rings. The summed E-state index contributed by atoms with van der Waals surface area (Å²) >= 11 is 9.15. The van der Waals surface area contributed by atoms with Crippen molar-refractivity contribution in [3.63, 3.8) is 0 Å². The summed E-state index contributed by atoms with van der Waals surface area (Å²) in [4.78, 5) is 11.1. The first-order valence-electron chi connectivity index (χ1n) is 6.15. The van der Waals surface area contributed by atoms with E-state index in [1.165, 1.54) is 19.3 Å². The number of hydrogen-bond acceptors (Lipinski definition) is 4. The standard InChI is InChI=1S/C12H17BrClN3O/c1-18-11-10(13)8-15-12(16-11)17(7-3-6-14)9-4-2-5-9/h8-9H,2-7H2,1H3. The van der Waals surface area contributed by atoms with Crippen molar-refractivity contribution >= 4 is 33.5 Å². The average Bonchev–Trinajstić information content (AvgIpc) is 2.33. The van der Waals surface area contributed by atoms with E-state index >= 15 is 0 Å². The second kappa shape index (κ2) is 6.57. The molecule has 6 heteroatoms. The second-order valence-corrected chi connectivity index (χ2v) is 5.58. The molecule has 0 N–H and O–H groups in total. The molecule has 4 nitrogen and oxygen atoms in total. The number of rotatable bonds is 6. The zero-order valence-corrected chi connectivity index (χ0v) is 12.7. The van der Waals surface area contributed by atoms with Crippen molar-refractivity contribution in [3.8, 4) is 5.88 Å². The number of methoxy groups -OCH3 is 1. The summed E-state index contributed by atoms with van der Waals surface area (Å²) in [6, 6.07) is 0.555. The van der Waals surface area contributed by atoms with Gasteiger partial charge in [-0.25, -0.2) is 4.98 Å². The quantitative estimate of drug-likeness (QED) is 0.749. The van der Waals surface area contributed by atoms with Crippen LogP contribution in [0.3, 0.4) is 0 Å². The Balaban J connectivity index is 2.17. The fourth-order valence-corrected chi connectivity index (χ4v) is 2.47. The Morgan fingerprint density at radius 3 is 2.89 bits per heavy atom. The van der Waals surface area contributed by atoms with Crippen LogP contribution in [0.5, 0.6) is 5.88 Å². The summed E-state index contributed by atoms with van der Waals surface area (Å²) in [6.45, 7) is 0.902. The van der Waals surface area contributed by atoms with Crippen molar-refractivity contribution < 1.29 is 4.74 Å². The van der Waals surface area contributed by atoms with Gasteiger partial charge in [-0.15, -0.1) is 11.6 Å². The molecular weight excluding hydrogens is 318 g/mol. The third-order valence-electron chi connectivity index (χ3n) is 3.20. The monoisotopic (exact) mass is 333 g/mol. The van der Waals surface area contributed by atoms with Crippen LogP contribution < -0.4 is 9.64 Å². The summed E-state index contributed by atoms with van der Waals surface area (Å²) in [5.74, 6) is 1.98. The highest BCUT2D eigenvalue weighted by atomic mass is 79.9. The van der Waals surface area contributed by atoms with Gasteiger partial charge in [0, 0.05) is 18.5 Å². The highest BCUT2D eigenvalue weighted by Gasteiger charge is 2.27. The lowest BCUT2D eigenvalue weighted by Crippen LogP contribution is -2.42. The summed E-state index contributed by atoms with van der Waals surface area (Å²) in [5.41, 5.74) is 0. The van der Waals surface area contributed by atoms with E-state index in [-0.39, 0.29) is 0 Å². The van der Waals surface area contributed by atoms with E-state index in [1.54, 1.807) is 13.3 Å². The first-order chi connectivity index (χ1) is 8.76. The number of halogens is 2.